The maximum Gasteiger partial charge on any atom is 0.246 e. The molecule has 7 heteroatoms. The summed E-state index contributed by atoms with van der Waals surface area (Å²) in [4.78, 5) is 14.2. The third kappa shape index (κ3) is 5.97. The number of benzene rings is 1. The van der Waals surface area contributed by atoms with E-state index in [1.165, 1.54) is 6.08 Å². The van der Waals surface area contributed by atoms with Gasteiger partial charge in [0.15, 0.2) is 0 Å². The highest BCUT2D eigenvalue weighted by Gasteiger charge is 2.25. The molecule has 0 saturated carbocycles. The Balaban J connectivity index is 2.03. The number of carbonyl (C=O) groups excluding carboxylic acids is 1. The first-order valence-electron chi connectivity index (χ1n) is 7.54. The number of sulfonamides is 1. The molecule has 23 heavy (non-hydrogen) atoms. The zero-order chi connectivity index (χ0) is 16.9. The number of rotatable bonds is 5. The average molecular weight is 357 g/mol. The van der Waals surface area contributed by atoms with Gasteiger partial charge in [-0.05, 0) is 43.0 Å². The molecule has 1 atom stereocenters. The molecule has 1 saturated heterocycles. The van der Waals surface area contributed by atoms with Crippen molar-refractivity contribution in [2.45, 2.75) is 25.3 Å². The summed E-state index contributed by atoms with van der Waals surface area (Å²) >= 11 is 5.92. The first-order valence-corrected chi connectivity index (χ1v) is 9.81. The fraction of sp³-hybridized carbons (Fsp3) is 0.438. The second-order valence-electron chi connectivity index (χ2n) is 5.69. The van der Waals surface area contributed by atoms with Crippen molar-refractivity contribution in [1.29, 1.82) is 0 Å². The van der Waals surface area contributed by atoms with Gasteiger partial charge in [-0.2, -0.15) is 0 Å². The van der Waals surface area contributed by atoms with E-state index in [1.54, 1.807) is 23.1 Å². The summed E-state index contributed by atoms with van der Waals surface area (Å²) in [6, 6.07) is 7.15. The Morgan fingerprint density at radius 1 is 1.43 bits per heavy atom. The van der Waals surface area contributed by atoms with Crippen molar-refractivity contribution in [3.63, 3.8) is 0 Å². The third-order valence-corrected chi connectivity index (χ3v) is 4.68. The topological polar surface area (TPSA) is 66.5 Å². The molecule has 1 aromatic carbocycles. The summed E-state index contributed by atoms with van der Waals surface area (Å²) in [7, 11) is -3.25. The van der Waals surface area contributed by atoms with Crippen LogP contribution in [0.15, 0.2) is 30.3 Å². The van der Waals surface area contributed by atoms with E-state index in [2.05, 4.69) is 4.72 Å². The Labute approximate surface area is 142 Å². The van der Waals surface area contributed by atoms with Gasteiger partial charge in [-0.25, -0.2) is 13.1 Å². The number of nitrogens with one attached hydrogen (secondary N) is 1. The molecule has 1 aliphatic rings. The molecule has 126 valence electrons. The minimum atomic E-state index is -3.25. The van der Waals surface area contributed by atoms with Gasteiger partial charge in [0.1, 0.15) is 0 Å². The normalized spacial score (nSPS) is 19.2. The van der Waals surface area contributed by atoms with Crippen LogP contribution in [-0.4, -0.2) is 44.6 Å². The van der Waals surface area contributed by atoms with Gasteiger partial charge in [0.25, 0.3) is 0 Å². The fourth-order valence-electron chi connectivity index (χ4n) is 2.62. The van der Waals surface area contributed by atoms with Gasteiger partial charge < -0.3 is 4.90 Å². The monoisotopic (exact) mass is 356 g/mol. The van der Waals surface area contributed by atoms with Gasteiger partial charge in [0.2, 0.25) is 15.9 Å². The summed E-state index contributed by atoms with van der Waals surface area (Å²) < 4.78 is 25.0. The van der Waals surface area contributed by atoms with E-state index in [9.17, 15) is 13.2 Å². The smallest absolute Gasteiger partial charge is 0.246 e. The lowest BCUT2D eigenvalue weighted by Gasteiger charge is -2.35. The van der Waals surface area contributed by atoms with E-state index in [0.29, 0.717) is 11.6 Å². The highest BCUT2D eigenvalue weighted by molar-refractivity contribution is 7.88. The molecule has 1 N–H and O–H groups in total. The van der Waals surface area contributed by atoms with Crippen molar-refractivity contribution >= 4 is 33.6 Å². The van der Waals surface area contributed by atoms with E-state index < -0.39 is 10.0 Å². The number of carbonyl (C=O) groups is 1. The molecule has 0 spiro atoms. The molecular weight excluding hydrogens is 336 g/mol. The average Bonchev–Trinajstić information content (AvgIpc) is 2.50. The number of hydrogen-bond acceptors (Lipinski definition) is 3. The largest absolute Gasteiger partial charge is 0.335 e. The van der Waals surface area contributed by atoms with Crippen LogP contribution in [0.3, 0.4) is 0 Å². The number of hydrogen-bond donors (Lipinski definition) is 1. The van der Waals surface area contributed by atoms with Crippen LogP contribution < -0.4 is 4.72 Å². The molecular formula is C16H21ClN2O3S. The first-order chi connectivity index (χ1) is 10.8. The number of nitrogens with zero attached hydrogens (tertiary/aromatic N) is 1. The summed E-state index contributed by atoms with van der Waals surface area (Å²) in [5, 5.41) is 0.618. The molecule has 1 aliphatic heterocycles. The van der Waals surface area contributed by atoms with Crippen LogP contribution in [0.1, 0.15) is 24.8 Å². The van der Waals surface area contributed by atoms with Crippen molar-refractivity contribution in [3.8, 4) is 0 Å². The highest BCUT2D eigenvalue weighted by Crippen LogP contribution is 2.18. The fourth-order valence-corrected chi connectivity index (χ4v) is 3.32. The van der Waals surface area contributed by atoms with Crippen LogP contribution in [0.4, 0.5) is 0 Å². The Kier molecular flexibility index (Phi) is 6.21. The molecule has 0 radical (unpaired) electrons. The SMILES string of the molecule is CS(=O)(=O)NCC1CCCCN1C(=O)C=Cc1cccc(Cl)c1. The second kappa shape index (κ2) is 7.95. The molecule has 2 rings (SSSR count). The van der Waals surface area contributed by atoms with Crippen LogP contribution in [0, 0.1) is 0 Å². The molecule has 0 bridgehead atoms. The van der Waals surface area contributed by atoms with E-state index in [4.69, 9.17) is 11.6 Å². The maximum absolute atomic E-state index is 12.4. The van der Waals surface area contributed by atoms with E-state index in [0.717, 1.165) is 31.1 Å². The summed E-state index contributed by atoms with van der Waals surface area (Å²) in [6.07, 6.45) is 7.11. The molecule has 0 aliphatic carbocycles. The quantitative estimate of drug-likeness (QED) is 0.823. The molecule has 1 amide bonds. The molecule has 1 heterocycles. The van der Waals surface area contributed by atoms with E-state index >= 15 is 0 Å². The Bertz CT molecular complexity index is 688. The van der Waals surface area contributed by atoms with Crippen molar-refractivity contribution < 1.29 is 13.2 Å². The Morgan fingerprint density at radius 3 is 2.91 bits per heavy atom. The highest BCUT2D eigenvalue weighted by atomic mass is 35.5. The second-order valence-corrected chi connectivity index (χ2v) is 7.96. The van der Waals surface area contributed by atoms with Gasteiger partial charge in [-0.3, -0.25) is 4.79 Å². The van der Waals surface area contributed by atoms with Gasteiger partial charge in [-0.15, -0.1) is 0 Å². The van der Waals surface area contributed by atoms with Gasteiger partial charge in [-0.1, -0.05) is 23.7 Å². The lowest BCUT2D eigenvalue weighted by molar-refractivity contribution is -0.129. The van der Waals surface area contributed by atoms with Gasteiger partial charge in [0, 0.05) is 30.2 Å². The predicted octanol–water partition coefficient (Wildman–Crippen LogP) is 2.28. The molecule has 1 aromatic rings. The minimum absolute atomic E-state index is 0.102. The lowest BCUT2D eigenvalue weighted by atomic mass is 10.0. The van der Waals surface area contributed by atoms with Gasteiger partial charge in [0.05, 0.1) is 6.26 Å². The van der Waals surface area contributed by atoms with Crippen LogP contribution in [0.25, 0.3) is 6.08 Å². The van der Waals surface area contributed by atoms with Crippen molar-refractivity contribution in [3.05, 3.63) is 40.9 Å². The van der Waals surface area contributed by atoms with Crippen molar-refractivity contribution in [2.24, 2.45) is 0 Å². The maximum atomic E-state index is 12.4. The zero-order valence-corrected chi connectivity index (χ0v) is 14.6. The Morgan fingerprint density at radius 2 is 2.22 bits per heavy atom. The van der Waals surface area contributed by atoms with Crippen molar-refractivity contribution in [1.82, 2.24) is 9.62 Å². The molecule has 1 unspecified atom stereocenters. The van der Waals surface area contributed by atoms with E-state index in [1.807, 2.05) is 12.1 Å². The number of amides is 1. The molecule has 1 fully saturated rings. The predicted molar refractivity (Wildman–Crippen MR) is 92.7 cm³/mol. The van der Waals surface area contributed by atoms with Crippen LogP contribution in [0.2, 0.25) is 5.02 Å². The molecule has 5 nitrogen and oxygen atoms in total. The first kappa shape index (κ1) is 18.0. The van der Waals surface area contributed by atoms with Crippen LogP contribution >= 0.6 is 11.6 Å². The van der Waals surface area contributed by atoms with Crippen LogP contribution in [-0.2, 0) is 14.8 Å². The van der Waals surface area contributed by atoms with Gasteiger partial charge >= 0.3 is 0 Å². The summed E-state index contributed by atoms with van der Waals surface area (Å²) in [6.45, 7) is 0.907. The number of piperidine rings is 1. The third-order valence-electron chi connectivity index (χ3n) is 3.76. The van der Waals surface area contributed by atoms with E-state index in [-0.39, 0.29) is 18.5 Å². The molecule has 0 aromatic heterocycles. The summed E-state index contributed by atoms with van der Waals surface area (Å²) in [5.41, 5.74) is 0.855. The number of halogens is 1. The summed E-state index contributed by atoms with van der Waals surface area (Å²) in [5.74, 6) is -0.107. The van der Waals surface area contributed by atoms with Crippen molar-refractivity contribution in [2.75, 3.05) is 19.3 Å². The Hall–Kier alpha value is -1.37. The number of likely N-dealkylation sites (tertiary alicyclic amines) is 1. The minimum Gasteiger partial charge on any atom is -0.335 e. The zero-order valence-electron chi connectivity index (χ0n) is 13.0. The lowest BCUT2D eigenvalue weighted by Crippen LogP contribution is -2.48. The standard InChI is InChI=1S/C16H21ClN2O3S/c1-23(21,22)18-12-15-7-2-3-10-19(15)16(20)9-8-13-5-4-6-14(17)11-13/h4-6,8-9,11,15,18H,2-3,7,10,12H2,1H3. The van der Waals surface area contributed by atoms with Crippen LogP contribution in [0.5, 0.6) is 0 Å².